The first kappa shape index (κ1) is 34.0. The Kier molecular flexibility index (Phi) is 10.9. The number of nitrogen functional groups attached to an aromatic ring is 1. The quantitative estimate of drug-likeness (QED) is 0.249. The third-order valence-corrected chi connectivity index (χ3v) is 11.7. The molecule has 3 fully saturated rings. The zero-order valence-electron chi connectivity index (χ0n) is 27.8. The van der Waals surface area contributed by atoms with E-state index in [0.717, 1.165) is 94.7 Å². The molecule has 0 unspecified atom stereocenters. The van der Waals surface area contributed by atoms with Gasteiger partial charge in [0.15, 0.2) is 5.82 Å². The largest absolute Gasteiger partial charge is 0.381 e. The molecule has 3 aromatic rings. The number of likely N-dealkylation sites (tertiary alicyclic amines) is 2. The van der Waals surface area contributed by atoms with E-state index < -0.39 is 0 Å². The van der Waals surface area contributed by atoms with E-state index in [1.54, 1.807) is 6.20 Å². The topological polar surface area (TPSA) is 117 Å². The number of nitrogens with zero attached hydrogens (tertiary/aromatic N) is 5. The van der Waals surface area contributed by atoms with Crippen LogP contribution in [0, 0.1) is 18.8 Å². The Bertz CT molecular complexity index is 1510. The number of nitrogens with two attached hydrogens (primary N) is 2. The molecule has 3 saturated heterocycles. The lowest BCUT2D eigenvalue weighted by Gasteiger charge is -2.37. The highest BCUT2D eigenvalue weighted by Crippen LogP contribution is 2.39. The number of amides is 1. The zero-order chi connectivity index (χ0) is 33.0. The van der Waals surface area contributed by atoms with Gasteiger partial charge in [-0.3, -0.25) is 9.69 Å². The molecule has 9 nitrogen and oxygen atoms in total. The number of rotatable bonds is 9. The fraction of sp³-hybridized carbons (Fsp3) is 0.528. The third kappa shape index (κ3) is 8.97. The van der Waals surface area contributed by atoms with Crippen LogP contribution in [0.15, 0.2) is 58.6 Å². The molecule has 0 atom stereocenters. The van der Waals surface area contributed by atoms with Crippen molar-refractivity contribution >= 4 is 46.6 Å². The van der Waals surface area contributed by atoms with Crippen LogP contribution in [0.1, 0.15) is 56.6 Å². The maximum Gasteiger partial charge on any atom is 0.227 e. The molecule has 3 aliphatic rings. The van der Waals surface area contributed by atoms with Crippen molar-refractivity contribution in [2.45, 2.75) is 74.4 Å². The van der Waals surface area contributed by atoms with Crippen molar-refractivity contribution in [1.82, 2.24) is 19.8 Å². The van der Waals surface area contributed by atoms with Crippen molar-refractivity contribution < 1.29 is 4.79 Å². The van der Waals surface area contributed by atoms with Crippen molar-refractivity contribution in [1.29, 1.82) is 0 Å². The van der Waals surface area contributed by atoms with Gasteiger partial charge in [-0.1, -0.05) is 59.3 Å². The minimum atomic E-state index is -0.138. The molecule has 4 heterocycles. The summed E-state index contributed by atoms with van der Waals surface area (Å²) in [6.07, 6.45) is 7.77. The lowest BCUT2D eigenvalue weighted by molar-refractivity contribution is -0.121. The number of carbonyl (C=O) groups is 1. The molecule has 0 spiro atoms. The Morgan fingerprint density at radius 1 is 1.00 bits per heavy atom. The highest BCUT2D eigenvalue weighted by molar-refractivity contribution is 7.99. The van der Waals surface area contributed by atoms with Gasteiger partial charge in [0.1, 0.15) is 10.8 Å². The molecule has 0 bridgehead atoms. The van der Waals surface area contributed by atoms with Gasteiger partial charge in [-0.25, -0.2) is 9.97 Å². The predicted molar refractivity (Wildman–Crippen MR) is 193 cm³/mol. The van der Waals surface area contributed by atoms with E-state index in [2.05, 4.69) is 68.1 Å². The second-order valence-corrected chi connectivity index (χ2v) is 15.5. The molecule has 47 heavy (non-hydrogen) atoms. The van der Waals surface area contributed by atoms with Crippen molar-refractivity contribution in [3.63, 3.8) is 0 Å². The van der Waals surface area contributed by atoms with Crippen LogP contribution in [0.2, 0.25) is 5.02 Å². The Morgan fingerprint density at radius 3 is 2.36 bits per heavy atom. The number of anilines is 3. The number of hydrogen-bond acceptors (Lipinski definition) is 9. The van der Waals surface area contributed by atoms with Crippen molar-refractivity contribution in [2.24, 2.45) is 17.6 Å². The number of halogens is 1. The van der Waals surface area contributed by atoms with E-state index in [4.69, 9.17) is 23.1 Å². The van der Waals surface area contributed by atoms with Crippen molar-refractivity contribution in [3.05, 3.63) is 64.8 Å². The number of piperidine rings is 3. The van der Waals surface area contributed by atoms with Gasteiger partial charge < -0.3 is 26.6 Å². The molecular formula is C36H49ClN8OS. The average Bonchev–Trinajstić information content (AvgIpc) is 3.06. The van der Waals surface area contributed by atoms with E-state index in [-0.39, 0.29) is 17.4 Å². The standard InChI is InChI=1S/C36H49ClN8OS/c1-25-6-8-26(9-7-25)23-43-16-10-27(11-17-43)24-44-18-12-28(13-19-44)34(46)41-29-4-3-5-30(32(29)37)47-35-33(38)42-31(22-40-35)45-20-14-36(2,39)15-21-45/h3-9,22,27-28H,10-21,23-24,39H2,1-2H3,(H2,38,42)(H,41,46). The van der Waals surface area contributed by atoms with Gasteiger partial charge in [0.2, 0.25) is 5.91 Å². The molecule has 1 aromatic heterocycles. The Balaban J connectivity index is 0.955. The van der Waals surface area contributed by atoms with Crippen LogP contribution in [0.4, 0.5) is 17.3 Å². The summed E-state index contributed by atoms with van der Waals surface area (Å²) in [5.41, 5.74) is 15.8. The van der Waals surface area contributed by atoms with Crippen molar-refractivity contribution in [2.75, 3.05) is 61.8 Å². The van der Waals surface area contributed by atoms with E-state index in [1.807, 2.05) is 18.2 Å². The molecule has 11 heteroatoms. The Morgan fingerprint density at radius 2 is 1.68 bits per heavy atom. The second kappa shape index (κ2) is 15.1. The van der Waals surface area contributed by atoms with E-state index in [0.29, 0.717) is 21.6 Å². The predicted octanol–water partition coefficient (Wildman–Crippen LogP) is 6.05. The first-order valence-electron chi connectivity index (χ1n) is 17.1. The minimum absolute atomic E-state index is 0.0176. The summed E-state index contributed by atoms with van der Waals surface area (Å²) < 4.78 is 0. The lowest BCUT2D eigenvalue weighted by atomic mass is 9.91. The van der Waals surface area contributed by atoms with Crippen LogP contribution in [0.25, 0.3) is 0 Å². The molecule has 1 amide bonds. The molecular weight excluding hydrogens is 628 g/mol. The molecule has 2 aromatic carbocycles. The fourth-order valence-corrected chi connectivity index (χ4v) is 8.01. The van der Waals surface area contributed by atoms with Crippen LogP contribution < -0.4 is 21.7 Å². The van der Waals surface area contributed by atoms with Crippen LogP contribution in [0.5, 0.6) is 0 Å². The van der Waals surface area contributed by atoms with Crippen molar-refractivity contribution in [3.8, 4) is 0 Å². The summed E-state index contributed by atoms with van der Waals surface area (Å²) in [7, 11) is 0. The number of aryl methyl sites for hydroxylation is 1. The van der Waals surface area contributed by atoms with Gasteiger partial charge in [-0.15, -0.1) is 0 Å². The number of nitrogens with one attached hydrogen (secondary N) is 1. The zero-order valence-corrected chi connectivity index (χ0v) is 29.3. The summed E-state index contributed by atoms with van der Waals surface area (Å²) in [5, 5.41) is 4.18. The smallest absolute Gasteiger partial charge is 0.227 e. The van der Waals surface area contributed by atoms with E-state index in [1.165, 1.54) is 35.7 Å². The third-order valence-electron chi connectivity index (χ3n) is 10.1. The minimum Gasteiger partial charge on any atom is -0.381 e. The fourth-order valence-electron chi connectivity index (χ4n) is 6.91. The molecule has 6 rings (SSSR count). The molecule has 3 aliphatic heterocycles. The van der Waals surface area contributed by atoms with Gasteiger partial charge in [-0.05, 0) is 102 Å². The summed E-state index contributed by atoms with van der Waals surface area (Å²) in [6, 6.07) is 14.6. The Labute approximate surface area is 288 Å². The van der Waals surface area contributed by atoms with Gasteiger partial charge in [0.05, 0.1) is 16.9 Å². The van der Waals surface area contributed by atoms with Crippen LogP contribution in [-0.2, 0) is 11.3 Å². The SMILES string of the molecule is Cc1ccc(CN2CCC(CN3CCC(C(=O)Nc4cccc(Sc5ncc(N6CCC(C)(N)CC6)nc5N)c4Cl)CC3)CC2)cc1. The Hall–Kier alpha value is -2.89. The second-order valence-electron chi connectivity index (χ2n) is 14.0. The molecule has 0 saturated carbocycles. The summed E-state index contributed by atoms with van der Waals surface area (Å²) in [5.74, 6) is 1.88. The number of carbonyl (C=O) groups excluding carboxylic acids is 1. The van der Waals surface area contributed by atoms with Gasteiger partial charge >= 0.3 is 0 Å². The molecule has 0 radical (unpaired) electrons. The molecule has 5 N–H and O–H groups in total. The van der Waals surface area contributed by atoms with E-state index in [9.17, 15) is 4.79 Å². The summed E-state index contributed by atoms with van der Waals surface area (Å²) >= 11 is 8.17. The monoisotopic (exact) mass is 676 g/mol. The molecule has 0 aliphatic carbocycles. The first-order valence-corrected chi connectivity index (χ1v) is 18.3. The lowest BCUT2D eigenvalue weighted by Crippen LogP contribution is -2.48. The van der Waals surface area contributed by atoms with Crippen LogP contribution in [0.3, 0.4) is 0 Å². The highest BCUT2D eigenvalue weighted by atomic mass is 35.5. The maximum absolute atomic E-state index is 13.3. The molecule has 252 valence electrons. The normalized spacial score (nSPS) is 20.0. The van der Waals surface area contributed by atoms with Gasteiger partial charge in [0, 0.05) is 42.5 Å². The highest BCUT2D eigenvalue weighted by Gasteiger charge is 2.29. The number of aromatic nitrogens is 2. The van der Waals surface area contributed by atoms with Gasteiger partial charge in [-0.2, -0.15) is 0 Å². The van der Waals surface area contributed by atoms with E-state index >= 15 is 0 Å². The average molecular weight is 677 g/mol. The van der Waals surface area contributed by atoms with Gasteiger partial charge in [0.25, 0.3) is 0 Å². The number of benzene rings is 2. The number of hydrogen-bond donors (Lipinski definition) is 3. The van der Waals surface area contributed by atoms with Crippen LogP contribution >= 0.6 is 23.4 Å². The maximum atomic E-state index is 13.3. The van der Waals surface area contributed by atoms with Crippen LogP contribution in [-0.4, -0.2) is 77.0 Å². The summed E-state index contributed by atoms with van der Waals surface area (Å²) in [6.45, 7) is 12.3. The first-order chi connectivity index (χ1) is 22.6. The summed E-state index contributed by atoms with van der Waals surface area (Å²) in [4.78, 5) is 30.7.